The highest BCUT2D eigenvalue weighted by Gasteiger charge is 2.17. The Balaban J connectivity index is 2.94. The van der Waals surface area contributed by atoms with Crippen molar-refractivity contribution in [3.05, 3.63) is 29.3 Å². The summed E-state index contributed by atoms with van der Waals surface area (Å²) in [4.78, 5) is 0.00616. The fraction of sp³-hybridized carbons (Fsp3) is 0.500. The lowest BCUT2D eigenvalue weighted by Gasteiger charge is -2.11. The molecule has 0 atom stereocenters. The lowest BCUT2D eigenvalue weighted by Crippen LogP contribution is -2.28. The van der Waals surface area contributed by atoms with Crippen LogP contribution in [0.25, 0.3) is 0 Å². The molecule has 19 heavy (non-hydrogen) atoms. The summed E-state index contributed by atoms with van der Waals surface area (Å²) in [5.41, 5.74) is 1.79. The van der Waals surface area contributed by atoms with E-state index in [0.29, 0.717) is 6.54 Å². The van der Waals surface area contributed by atoms with E-state index in [1.165, 1.54) is 12.1 Å². The van der Waals surface area contributed by atoms with Crippen molar-refractivity contribution >= 4 is 10.0 Å². The fourth-order valence-electron chi connectivity index (χ4n) is 1.52. The first-order chi connectivity index (χ1) is 8.86. The molecule has 0 bridgehead atoms. The van der Waals surface area contributed by atoms with Gasteiger partial charge in [0.2, 0.25) is 10.0 Å². The van der Waals surface area contributed by atoms with Gasteiger partial charge in [-0.05, 0) is 36.7 Å². The molecule has 4 nitrogen and oxygen atoms in total. The predicted molar refractivity (Wildman–Crippen MR) is 69.8 cm³/mol. The van der Waals surface area contributed by atoms with Gasteiger partial charge in [0.1, 0.15) is 0 Å². The minimum Gasteiger partial charge on any atom is -0.313 e. The third-order valence-electron chi connectivity index (χ3n) is 2.62. The van der Waals surface area contributed by atoms with Gasteiger partial charge in [0.05, 0.1) is 11.4 Å². The molecule has 7 heteroatoms. The molecule has 1 aromatic carbocycles. The molecular weight excluding hydrogens is 274 g/mol. The van der Waals surface area contributed by atoms with E-state index in [0.717, 1.165) is 17.7 Å². The van der Waals surface area contributed by atoms with Gasteiger partial charge in [-0.25, -0.2) is 21.9 Å². The molecule has 2 N–H and O–H groups in total. The van der Waals surface area contributed by atoms with Gasteiger partial charge in [0.15, 0.2) is 0 Å². The van der Waals surface area contributed by atoms with Gasteiger partial charge >= 0.3 is 0 Å². The summed E-state index contributed by atoms with van der Waals surface area (Å²) < 4.78 is 49.6. The minimum atomic E-state index is -3.88. The number of hydrogen-bond acceptors (Lipinski definition) is 3. The minimum absolute atomic E-state index is 0.00616. The Morgan fingerprint density at radius 2 is 2.00 bits per heavy atom. The van der Waals surface area contributed by atoms with E-state index in [1.807, 2.05) is 18.6 Å². The number of rotatable bonds is 7. The number of aryl methyl sites for hydroxylation is 1. The van der Waals surface area contributed by atoms with E-state index >= 15 is 0 Å². The van der Waals surface area contributed by atoms with Crippen LogP contribution in [0.15, 0.2) is 23.1 Å². The molecule has 0 aliphatic carbocycles. The van der Waals surface area contributed by atoms with Crippen molar-refractivity contribution in [3.63, 3.8) is 0 Å². The van der Waals surface area contributed by atoms with Crippen LogP contribution in [0, 0.1) is 6.92 Å². The van der Waals surface area contributed by atoms with Gasteiger partial charge in [-0.3, -0.25) is 0 Å². The second kappa shape index (κ2) is 6.93. The zero-order chi connectivity index (χ0) is 14.5. The molecule has 0 saturated heterocycles. The number of benzene rings is 1. The van der Waals surface area contributed by atoms with E-state index in [9.17, 15) is 17.2 Å². The Hall–Kier alpha value is -1.05. The average Bonchev–Trinajstić information content (AvgIpc) is 2.35. The molecule has 0 radical (unpaired) electrons. The van der Waals surface area contributed by atoms with Crippen LogP contribution in [0.3, 0.4) is 0 Å². The van der Waals surface area contributed by atoms with E-state index in [4.69, 9.17) is 0 Å². The van der Waals surface area contributed by atoms with E-state index in [-0.39, 0.29) is 4.90 Å². The number of nitrogens with one attached hydrogen (secondary N) is 2. The van der Waals surface area contributed by atoms with Crippen molar-refractivity contribution in [3.8, 4) is 0 Å². The maximum Gasteiger partial charge on any atom is 0.251 e. The Labute approximate surface area is 112 Å². The summed E-state index contributed by atoms with van der Waals surface area (Å²) in [6.07, 6.45) is -2.71. The summed E-state index contributed by atoms with van der Waals surface area (Å²) in [6.45, 7) is 4.25. The molecule has 1 aromatic rings. The summed E-state index contributed by atoms with van der Waals surface area (Å²) in [7, 11) is -3.88. The predicted octanol–water partition coefficient (Wildman–Crippen LogP) is 1.65. The summed E-state index contributed by atoms with van der Waals surface area (Å²) in [5.74, 6) is 0. The zero-order valence-corrected chi connectivity index (χ0v) is 11.7. The Kier molecular flexibility index (Phi) is 5.84. The number of alkyl halides is 2. The smallest absolute Gasteiger partial charge is 0.251 e. The van der Waals surface area contributed by atoms with Gasteiger partial charge in [0, 0.05) is 6.54 Å². The van der Waals surface area contributed by atoms with Gasteiger partial charge in [-0.2, -0.15) is 0 Å². The molecule has 108 valence electrons. The van der Waals surface area contributed by atoms with Crippen LogP contribution in [0.4, 0.5) is 8.78 Å². The first-order valence-corrected chi connectivity index (χ1v) is 7.43. The van der Waals surface area contributed by atoms with Crippen LogP contribution >= 0.6 is 0 Å². The Bertz CT molecular complexity index is 518. The van der Waals surface area contributed by atoms with Crippen LogP contribution in [0.2, 0.25) is 0 Å². The standard InChI is InChI=1S/C12H18F2N2O2S/c1-3-15-7-10-6-11(5-4-9(10)2)19(17,18)16-8-12(13)14/h4-6,12,15-16H,3,7-8H2,1-2H3. The van der Waals surface area contributed by atoms with Crippen LogP contribution in [0.5, 0.6) is 0 Å². The topological polar surface area (TPSA) is 58.2 Å². The SMILES string of the molecule is CCNCc1cc(S(=O)(=O)NCC(F)F)ccc1C. The third kappa shape index (κ3) is 4.85. The molecule has 0 aliphatic rings. The third-order valence-corrected chi connectivity index (χ3v) is 4.05. The van der Waals surface area contributed by atoms with Crippen LogP contribution in [-0.2, 0) is 16.6 Å². The van der Waals surface area contributed by atoms with E-state index in [2.05, 4.69) is 5.32 Å². The molecule has 0 fully saturated rings. The van der Waals surface area contributed by atoms with Crippen LogP contribution < -0.4 is 10.0 Å². The Morgan fingerprint density at radius 1 is 1.32 bits per heavy atom. The lowest BCUT2D eigenvalue weighted by atomic mass is 10.1. The maximum absolute atomic E-state index is 12.1. The molecule has 0 aliphatic heterocycles. The molecule has 0 heterocycles. The monoisotopic (exact) mass is 292 g/mol. The van der Waals surface area contributed by atoms with E-state index in [1.54, 1.807) is 6.07 Å². The first-order valence-electron chi connectivity index (χ1n) is 5.95. The molecule has 0 spiro atoms. The van der Waals surface area contributed by atoms with Crippen LogP contribution in [-0.4, -0.2) is 27.9 Å². The van der Waals surface area contributed by atoms with Crippen molar-refractivity contribution < 1.29 is 17.2 Å². The highest BCUT2D eigenvalue weighted by Crippen LogP contribution is 2.15. The second-order valence-electron chi connectivity index (χ2n) is 4.11. The molecule has 0 aromatic heterocycles. The first kappa shape index (κ1) is 16.0. The Morgan fingerprint density at radius 3 is 2.58 bits per heavy atom. The quantitative estimate of drug-likeness (QED) is 0.803. The average molecular weight is 292 g/mol. The maximum atomic E-state index is 12.1. The number of hydrogen-bond donors (Lipinski definition) is 2. The van der Waals surface area contributed by atoms with Crippen molar-refractivity contribution in [2.24, 2.45) is 0 Å². The molecular formula is C12H18F2N2O2S. The molecule has 0 saturated carbocycles. The highest BCUT2D eigenvalue weighted by atomic mass is 32.2. The van der Waals surface area contributed by atoms with Crippen molar-refractivity contribution in [1.29, 1.82) is 0 Å². The lowest BCUT2D eigenvalue weighted by molar-refractivity contribution is 0.153. The molecule has 1 rings (SSSR count). The fourth-order valence-corrected chi connectivity index (χ4v) is 2.58. The largest absolute Gasteiger partial charge is 0.313 e. The van der Waals surface area contributed by atoms with Gasteiger partial charge in [-0.15, -0.1) is 0 Å². The van der Waals surface area contributed by atoms with E-state index < -0.39 is 23.0 Å². The molecule has 0 unspecified atom stereocenters. The van der Waals surface area contributed by atoms with Crippen LogP contribution in [0.1, 0.15) is 18.1 Å². The van der Waals surface area contributed by atoms with Gasteiger partial charge in [-0.1, -0.05) is 13.0 Å². The van der Waals surface area contributed by atoms with Crippen molar-refractivity contribution in [2.45, 2.75) is 31.7 Å². The molecule has 0 amide bonds. The normalized spacial score (nSPS) is 12.1. The summed E-state index contributed by atoms with van der Waals surface area (Å²) in [5, 5.41) is 3.10. The van der Waals surface area contributed by atoms with Gasteiger partial charge < -0.3 is 5.32 Å². The van der Waals surface area contributed by atoms with Gasteiger partial charge in [0.25, 0.3) is 6.43 Å². The van der Waals surface area contributed by atoms with Crippen molar-refractivity contribution in [1.82, 2.24) is 10.0 Å². The summed E-state index contributed by atoms with van der Waals surface area (Å²) in [6, 6.07) is 4.59. The second-order valence-corrected chi connectivity index (χ2v) is 5.88. The summed E-state index contributed by atoms with van der Waals surface area (Å²) >= 11 is 0. The van der Waals surface area contributed by atoms with Crippen molar-refractivity contribution in [2.75, 3.05) is 13.1 Å². The zero-order valence-electron chi connectivity index (χ0n) is 10.9. The number of sulfonamides is 1. The number of halogens is 2. The highest BCUT2D eigenvalue weighted by molar-refractivity contribution is 7.89.